The fourth-order valence-electron chi connectivity index (χ4n) is 6.11. The fourth-order valence-corrected chi connectivity index (χ4v) is 6.11. The molecule has 0 aliphatic carbocycles. The molecule has 0 aromatic heterocycles. The molecular weight excluding hydrogens is 428 g/mol. The zero-order valence-corrected chi connectivity index (χ0v) is 23.8. The van der Waals surface area contributed by atoms with Crippen molar-refractivity contribution in [2.45, 2.75) is 154 Å². The van der Waals surface area contributed by atoms with Crippen LogP contribution >= 0.6 is 0 Å². The van der Waals surface area contributed by atoms with Crippen LogP contribution in [0.3, 0.4) is 0 Å². The van der Waals surface area contributed by atoms with Crippen LogP contribution < -0.4 is 0 Å². The largest absolute Gasteiger partial charge is 0.462 e. The first-order valence-electron chi connectivity index (χ1n) is 13.3. The lowest BCUT2D eigenvalue weighted by molar-refractivity contribution is -0.160. The molecule has 0 unspecified atom stereocenters. The maximum atomic E-state index is 12.4. The Hall–Kier alpha value is -1.14. The second-order valence-electron chi connectivity index (χ2n) is 13.3. The predicted molar refractivity (Wildman–Crippen MR) is 138 cm³/mol. The molecule has 6 nitrogen and oxygen atoms in total. The Morgan fingerprint density at radius 3 is 1.12 bits per heavy atom. The number of hydrogen-bond acceptors (Lipinski definition) is 6. The van der Waals surface area contributed by atoms with Gasteiger partial charge in [0.15, 0.2) is 0 Å². The molecule has 2 heterocycles. The standard InChI is InChI=1S/C28H52N2O4/c1-25(2)17-21(18-26(3,4)29(25)9)33-23(31)15-13-11-12-14-16-24(32)34-22-19-27(5,6)30(10)28(7,8)20-22/h21-22H,11-20H2,1-10H3. The molecule has 6 heteroatoms. The van der Waals surface area contributed by atoms with Crippen LogP contribution in [0.2, 0.25) is 0 Å². The van der Waals surface area contributed by atoms with E-state index in [1.54, 1.807) is 0 Å². The first kappa shape index (κ1) is 29.1. The Morgan fingerprint density at radius 1 is 0.588 bits per heavy atom. The van der Waals surface area contributed by atoms with Gasteiger partial charge < -0.3 is 9.47 Å². The summed E-state index contributed by atoms with van der Waals surface area (Å²) in [5.74, 6) is -0.180. The second kappa shape index (κ2) is 10.9. The van der Waals surface area contributed by atoms with Crippen molar-refractivity contribution in [2.24, 2.45) is 0 Å². The number of carbonyl (C=O) groups excluding carboxylic acids is 2. The number of rotatable bonds is 9. The van der Waals surface area contributed by atoms with Crippen LogP contribution in [0.5, 0.6) is 0 Å². The Kier molecular flexibility index (Phi) is 9.29. The first-order valence-corrected chi connectivity index (χ1v) is 13.3. The van der Waals surface area contributed by atoms with E-state index in [2.05, 4.69) is 79.3 Å². The molecule has 2 saturated heterocycles. The zero-order chi connectivity index (χ0) is 25.9. The minimum atomic E-state index is -0.0898. The van der Waals surface area contributed by atoms with Crippen LogP contribution in [0.15, 0.2) is 0 Å². The Bertz CT molecular complexity index is 617. The SMILES string of the molecule is CN1C(C)(C)CC(OC(=O)CCCCCCC(=O)OC2CC(C)(C)N(C)C(C)(C)C2)CC1(C)C. The monoisotopic (exact) mass is 480 g/mol. The predicted octanol–water partition coefficient (Wildman–Crippen LogP) is 5.72. The number of carbonyl (C=O) groups is 2. The highest BCUT2D eigenvalue weighted by Crippen LogP contribution is 2.39. The molecule has 2 fully saturated rings. The Labute approximate surface area is 209 Å². The number of piperidine rings is 2. The van der Waals surface area contributed by atoms with Gasteiger partial charge in [-0.3, -0.25) is 19.4 Å². The van der Waals surface area contributed by atoms with E-state index in [0.29, 0.717) is 12.8 Å². The Morgan fingerprint density at radius 2 is 0.853 bits per heavy atom. The Balaban J connectivity index is 1.62. The van der Waals surface area contributed by atoms with E-state index < -0.39 is 0 Å². The lowest BCUT2D eigenvalue weighted by atomic mass is 9.78. The van der Waals surface area contributed by atoms with Gasteiger partial charge in [-0.15, -0.1) is 0 Å². The van der Waals surface area contributed by atoms with Crippen molar-refractivity contribution in [3.05, 3.63) is 0 Å². The molecule has 34 heavy (non-hydrogen) atoms. The average molecular weight is 481 g/mol. The molecule has 0 saturated carbocycles. The van der Waals surface area contributed by atoms with Crippen molar-refractivity contribution < 1.29 is 19.1 Å². The van der Waals surface area contributed by atoms with Crippen LogP contribution in [-0.4, -0.2) is 70.2 Å². The van der Waals surface area contributed by atoms with Crippen molar-refractivity contribution in [3.63, 3.8) is 0 Å². The first-order chi connectivity index (χ1) is 15.5. The third-order valence-corrected chi connectivity index (χ3v) is 8.65. The van der Waals surface area contributed by atoms with Gasteiger partial charge in [-0.1, -0.05) is 12.8 Å². The van der Waals surface area contributed by atoms with Crippen LogP contribution in [0, 0.1) is 0 Å². The molecule has 2 rings (SSSR count). The van der Waals surface area contributed by atoms with Gasteiger partial charge in [0.2, 0.25) is 0 Å². The second-order valence-corrected chi connectivity index (χ2v) is 13.3. The summed E-state index contributed by atoms with van der Waals surface area (Å²) >= 11 is 0. The van der Waals surface area contributed by atoms with Gasteiger partial charge in [-0.2, -0.15) is 0 Å². The van der Waals surface area contributed by atoms with Gasteiger partial charge in [0.05, 0.1) is 0 Å². The van der Waals surface area contributed by atoms with E-state index >= 15 is 0 Å². The number of hydrogen-bond donors (Lipinski definition) is 0. The van der Waals surface area contributed by atoms with Gasteiger partial charge in [0, 0.05) is 60.7 Å². The van der Waals surface area contributed by atoms with E-state index in [0.717, 1.165) is 51.4 Å². The number of ether oxygens (including phenoxy) is 2. The molecule has 0 radical (unpaired) electrons. The van der Waals surface area contributed by atoms with E-state index in [9.17, 15) is 9.59 Å². The highest BCUT2D eigenvalue weighted by atomic mass is 16.5. The van der Waals surface area contributed by atoms with Crippen molar-refractivity contribution in [1.29, 1.82) is 0 Å². The van der Waals surface area contributed by atoms with Gasteiger partial charge in [-0.25, -0.2) is 0 Å². The van der Waals surface area contributed by atoms with Gasteiger partial charge >= 0.3 is 11.9 Å². The summed E-state index contributed by atoms with van der Waals surface area (Å²) < 4.78 is 11.7. The smallest absolute Gasteiger partial charge is 0.306 e. The van der Waals surface area contributed by atoms with Crippen LogP contribution in [0.1, 0.15) is 120 Å². The van der Waals surface area contributed by atoms with Crippen LogP contribution in [-0.2, 0) is 19.1 Å². The molecule has 0 aromatic carbocycles. The molecule has 0 N–H and O–H groups in total. The van der Waals surface area contributed by atoms with Gasteiger partial charge in [0.1, 0.15) is 12.2 Å². The van der Waals surface area contributed by atoms with Crippen molar-refractivity contribution >= 4 is 11.9 Å². The average Bonchev–Trinajstić information content (AvgIpc) is 2.66. The van der Waals surface area contributed by atoms with Gasteiger partial charge in [-0.05, 0) is 82.3 Å². The highest BCUT2D eigenvalue weighted by molar-refractivity contribution is 5.70. The minimum Gasteiger partial charge on any atom is -0.462 e. The fraction of sp³-hybridized carbons (Fsp3) is 0.929. The summed E-state index contributed by atoms with van der Waals surface area (Å²) in [6.45, 7) is 17.7. The van der Waals surface area contributed by atoms with Crippen LogP contribution in [0.4, 0.5) is 0 Å². The highest BCUT2D eigenvalue weighted by Gasteiger charge is 2.45. The molecule has 0 aromatic rings. The summed E-state index contributed by atoms with van der Waals surface area (Å²) in [5.41, 5.74) is 0.0570. The summed E-state index contributed by atoms with van der Waals surface area (Å²) in [5, 5.41) is 0. The zero-order valence-electron chi connectivity index (χ0n) is 23.8. The quantitative estimate of drug-likeness (QED) is 0.311. The van der Waals surface area contributed by atoms with E-state index in [-0.39, 0.29) is 46.3 Å². The number of nitrogens with zero attached hydrogens (tertiary/aromatic N) is 2. The van der Waals surface area contributed by atoms with Crippen molar-refractivity contribution in [1.82, 2.24) is 9.80 Å². The molecule has 2 aliphatic rings. The van der Waals surface area contributed by atoms with Crippen molar-refractivity contribution in [3.8, 4) is 0 Å². The van der Waals surface area contributed by atoms with Crippen LogP contribution in [0.25, 0.3) is 0 Å². The lowest BCUT2D eigenvalue weighted by Crippen LogP contribution is -2.60. The molecule has 0 spiro atoms. The maximum Gasteiger partial charge on any atom is 0.306 e. The van der Waals surface area contributed by atoms with E-state index in [4.69, 9.17) is 9.47 Å². The van der Waals surface area contributed by atoms with E-state index in [1.807, 2.05) is 0 Å². The van der Waals surface area contributed by atoms with Crippen molar-refractivity contribution in [2.75, 3.05) is 14.1 Å². The summed E-state index contributed by atoms with van der Waals surface area (Å²) in [4.78, 5) is 29.6. The maximum absolute atomic E-state index is 12.4. The van der Waals surface area contributed by atoms with Gasteiger partial charge in [0.25, 0.3) is 0 Å². The minimum absolute atomic E-state index is 0.0142. The molecule has 0 bridgehead atoms. The third-order valence-electron chi connectivity index (χ3n) is 8.65. The summed E-state index contributed by atoms with van der Waals surface area (Å²) in [6.07, 6.45) is 7.83. The summed E-state index contributed by atoms with van der Waals surface area (Å²) in [6, 6.07) is 0. The normalized spacial score (nSPS) is 25.1. The third kappa shape index (κ3) is 7.68. The summed E-state index contributed by atoms with van der Waals surface area (Å²) in [7, 11) is 4.31. The lowest BCUT2D eigenvalue weighted by Gasteiger charge is -2.53. The number of likely N-dealkylation sites (tertiary alicyclic amines) is 2. The molecule has 198 valence electrons. The topological polar surface area (TPSA) is 59.1 Å². The molecular formula is C28H52N2O4. The number of unbranched alkanes of at least 4 members (excludes halogenated alkanes) is 3. The van der Waals surface area contributed by atoms with E-state index in [1.165, 1.54) is 0 Å². The molecule has 2 aliphatic heterocycles. The molecule has 0 amide bonds. The molecule has 0 atom stereocenters. The number of esters is 2.